The van der Waals surface area contributed by atoms with Crippen molar-refractivity contribution in [3.8, 4) is 5.75 Å². The highest BCUT2D eigenvalue weighted by Crippen LogP contribution is 2.31. The number of thioether (sulfide) groups is 1. The molecule has 2 aromatic carbocycles. The van der Waals surface area contributed by atoms with Gasteiger partial charge in [-0.25, -0.2) is 0 Å². The molecule has 1 fully saturated rings. The summed E-state index contributed by atoms with van der Waals surface area (Å²) in [6.07, 6.45) is 1.66. The van der Waals surface area contributed by atoms with Gasteiger partial charge in [-0.1, -0.05) is 39.8 Å². The molecule has 126 valence electrons. The standard InChI is InChI=1S/C17H11BrN2O3S2/c18-12-5-3-11(4-6-12)15(22)19-20-16(23)14(25-17(20)24)9-10-1-7-13(21)8-2-10/h1-9,21H,(H,19,22)/b14-9-. The molecule has 2 amide bonds. The molecule has 0 saturated carbocycles. The van der Waals surface area contributed by atoms with Gasteiger partial charge in [-0.05, 0) is 60.3 Å². The normalized spacial score (nSPS) is 15.7. The molecule has 5 nitrogen and oxygen atoms in total. The minimum absolute atomic E-state index is 0.145. The van der Waals surface area contributed by atoms with E-state index in [1.54, 1.807) is 42.5 Å². The average Bonchev–Trinajstić information content (AvgIpc) is 2.85. The molecule has 0 radical (unpaired) electrons. The van der Waals surface area contributed by atoms with Gasteiger partial charge in [0.25, 0.3) is 11.8 Å². The molecule has 8 heteroatoms. The second-order valence-corrected chi connectivity index (χ2v) is 7.65. The Bertz CT molecular complexity index is 880. The van der Waals surface area contributed by atoms with Crippen molar-refractivity contribution < 1.29 is 14.7 Å². The second-order valence-electron chi connectivity index (χ2n) is 5.06. The molecule has 2 N–H and O–H groups in total. The first-order chi connectivity index (χ1) is 11.9. The van der Waals surface area contributed by atoms with E-state index in [0.717, 1.165) is 26.8 Å². The van der Waals surface area contributed by atoms with Crippen molar-refractivity contribution in [1.82, 2.24) is 10.4 Å². The Morgan fingerprint density at radius 2 is 1.80 bits per heavy atom. The molecular weight excluding hydrogens is 424 g/mol. The number of benzene rings is 2. The molecule has 1 aliphatic heterocycles. The fourth-order valence-corrected chi connectivity index (χ4v) is 3.50. The Labute approximate surface area is 161 Å². The molecule has 2 aromatic rings. The van der Waals surface area contributed by atoms with E-state index in [1.807, 2.05) is 0 Å². The van der Waals surface area contributed by atoms with Crippen molar-refractivity contribution in [3.05, 3.63) is 69.0 Å². The van der Waals surface area contributed by atoms with Crippen LogP contribution in [0.15, 0.2) is 57.9 Å². The van der Waals surface area contributed by atoms with Crippen LogP contribution in [0.2, 0.25) is 0 Å². The maximum Gasteiger partial charge on any atom is 0.285 e. The minimum Gasteiger partial charge on any atom is -0.508 e. The van der Waals surface area contributed by atoms with E-state index in [9.17, 15) is 14.7 Å². The summed E-state index contributed by atoms with van der Waals surface area (Å²) in [6, 6.07) is 13.2. The van der Waals surface area contributed by atoms with E-state index < -0.39 is 11.8 Å². The van der Waals surface area contributed by atoms with Gasteiger partial charge in [0.1, 0.15) is 5.75 Å². The van der Waals surface area contributed by atoms with Crippen molar-refractivity contribution >= 4 is 62.1 Å². The van der Waals surface area contributed by atoms with Crippen LogP contribution in [0, 0.1) is 0 Å². The Morgan fingerprint density at radius 1 is 1.16 bits per heavy atom. The molecule has 1 heterocycles. The van der Waals surface area contributed by atoms with Gasteiger partial charge in [0.05, 0.1) is 4.91 Å². The fourth-order valence-electron chi connectivity index (χ4n) is 2.05. The monoisotopic (exact) mass is 434 g/mol. The molecule has 0 aliphatic carbocycles. The van der Waals surface area contributed by atoms with Crippen LogP contribution in [0.5, 0.6) is 5.75 Å². The number of hydrogen-bond acceptors (Lipinski definition) is 5. The smallest absolute Gasteiger partial charge is 0.285 e. The molecule has 0 unspecified atom stereocenters. The van der Waals surface area contributed by atoms with Gasteiger partial charge >= 0.3 is 0 Å². The van der Waals surface area contributed by atoms with Crippen LogP contribution in [0.4, 0.5) is 0 Å². The Hall–Kier alpha value is -2.16. The van der Waals surface area contributed by atoms with Gasteiger partial charge in [0, 0.05) is 10.0 Å². The molecular formula is C17H11BrN2O3S2. The van der Waals surface area contributed by atoms with Gasteiger partial charge in [0.2, 0.25) is 0 Å². The largest absolute Gasteiger partial charge is 0.508 e. The number of hydrazine groups is 1. The van der Waals surface area contributed by atoms with E-state index in [1.165, 1.54) is 12.1 Å². The number of nitrogens with zero attached hydrogens (tertiary/aromatic N) is 1. The number of phenols is 1. The quantitative estimate of drug-likeness (QED) is 0.569. The van der Waals surface area contributed by atoms with Crippen molar-refractivity contribution in [3.63, 3.8) is 0 Å². The number of rotatable bonds is 3. The van der Waals surface area contributed by atoms with Gasteiger partial charge in [-0.2, -0.15) is 5.01 Å². The highest BCUT2D eigenvalue weighted by Gasteiger charge is 2.33. The van der Waals surface area contributed by atoms with Gasteiger partial charge < -0.3 is 5.11 Å². The van der Waals surface area contributed by atoms with Crippen molar-refractivity contribution in [2.75, 3.05) is 0 Å². The lowest BCUT2D eigenvalue weighted by Gasteiger charge is -2.15. The summed E-state index contributed by atoms with van der Waals surface area (Å²) < 4.78 is 1.10. The summed E-state index contributed by atoms with van der Waals surface area (Å²) in [6.45, 7) is 0. The minimum atomic E-state index is -0.422. The van der Waals surface area contributed by atoms with Crippen LogP contribution in [0.1, 0.15) is 15.9 Å². The molecule has 25 heavy (non-hydrogen) atoms. The third-order valence-electron chi connectivity index (χ3n) is 3.30. The zero-order valence-electron chi connectivity index (χ0n) is 12.6. The van der Waals surface area contributed by atoms with Crippen molar-refractivity contribution in [2.45, 2.75) is 0 Å². The highest BCUT2D eigenvalue weighted by molar-refractivity contribution is 9.10. The number of thiocarbonyl (C=S) groups is 1. The third kappa shape index (κ3) is 4.09. The van der Waals surface area contributed by atoms with E-state index in [2.05, 4.69) is 21.4 Å². The summed E-state index contributed by atoms with van der Waals surface area (Å²) in [5.74, 6) is -0.672. The van der Waals surface area contributed by atoms with E-state index >= 15 is 0 Å². The summed E-state index contributed by atoms with van der Waals surface area (Å²) >= 11 is 9.59. The number of hydrogen-bond donors (Lipinski definition) is 2. The number of phenolic OH excluding ortho intramolecular Hbond substituents is 1. The lowest BCUT2D eigenvalue weighted by atomic mass is 10.2. The summed E-state index contributed by atoms with van der Waals surface area (Å²) in [5.41, 5.74) is 3.69. The summed E-state index contributed by atoms with van der Waals surface area (Å²) in [7, 11) is 0. The first kappa shape index (κ1) is 17.7. The number of carbonyl (C=O) groups is 2. The zero-order chi connectivity index (χ0) is 18.0. The Morgan fingerprint density at radius 3 is 2.44 bits per heavy atom. The second kappa shape index (κ2) is 7.38. The summed E-state index contributed by atoms with van der Waals surface area (Å²) in [5, 5.41) is 10.4. The molecule has 1 saturated heterocycles. The maximum absolute atomic E-state index is 12.5. The van der Waals surface area contributed by atoms with Gasteiger partial charge in [0.15, 0.2) is 4.32 Å². The lowest BCUT2D eigenvalue weighted by molar-refractivity contribution is -0.123. The maximum atomic E-state index is 12.5. The number of amides is 2. The predicted octanol–water partition coefficient (Wildman–Crippen LogP) is 3.70. The number of aromatic hydroxyl groups is 1. The van der Waals surface area contributed by atoms with Crippen LogP contribution in [0.3, 0.4) is 0 Å². The van der Waals surface area contributed by atoms with E-state index in [4.69, 9.17) is 12.2 Å². The van der Waals surface area contributed by atoms with Crippen LogP contribution in [-0.4, -0.2) is 26.3 Å². The van der Waals surface area contributed by atoms with E-state index in [-0.39, 0.29) is 10.1 Å². The van der Waals surface area contributed by atoms with Crippen molar-refractivity contribution in [2.24, 2.45) is 0 Å². The molecule has 3 rings (SSSR count). The van der Waals surface area contributed by atoms with Crippen LogP contribution in [-0.2, 0) is 4.79 Å². The molecule has 0 atom stereocenters. The van der Waals surface area contributed by atoms with Gasteiger partial charge in [-0.15, -0.1) is 0 Å². The molecule has 0 bridgehead atoms. The van der Waals surface area contributed by atoms with Crippen LogP contribution >= 0.6 is 39.9 Å². The van der Waals surface area contributed by atoms with Gasteiger partial charge in [-0.3, -0.25) is 15.0 Å². The number of carbonyl (C=O) groups excluding carboxylic acids is 2. The Kier molecular flexibility index (Phi) is 5.22. The average molecular weight is 435 g/mol. The lowest BCUT2D eigenvalue weighted by Crippen LogP contribution is -2.44. The Balaban J connectivity index is 1.76. The fraction of sp³-hybridized carbons (Fsp3) is 0. The topological polar surface area (TPSA) is 69.6 Å². The van der Waals surface area contributed by atoms with Crippen LogP contribution in [0.25, 0.3) is 6.08 Å². The summed E-state index contributed by atoms with van der Waals surface area (Å²) in [4.78, 5) is 25.2. The van der Waals surface area contributed by atoms with Crippen LogP contribution < -0.4 is 5.43 Å². The molecule has 0 aromatic heterocycles. The third-order valence-corrected chi connectivity index (χ3v) is 5.14. The highest BCUT2D eigenvalue weighted by atomic mass is 79.9. The number of nitrogens with one attached hydrogen (secondary N) is 1. The first-order valence-electron chi connectivity index (χ1n) is 7.07. The number of halogens is 1. The van der Waals surface area contributed by atoms with Crippen molar-refractivity contribution in [1.29, 1.82) is 0 Å². The zero-order valence-corrected chi connectivity index (χ0v) is 15.8. The van der Waals surface area contributed by atoms with E-state index in [0.29, 0.717) is 10.5 Å². The predicted molar refractivity (Wildman–Crippen MR) is 105 cm³/mol. The molecule has 0 spiro atoms. The first-order valence-corrected chi connectivity index (χ1v) is 9.09. The SMILES string of the molecule is O=C(NN1C(=O)/C(=C/c2ccc(O)cc2)SC1=S)c1ccc(Br)cc1. The molecule has 1 aliphatic rings.